The fourth-order valence-electron chi connectivity index (χ4n) is 4.50. The van der Waals surface area contributed by atoms with Crippen LogP contribution in [0.2, 0.25) is 0 Å². The van der Waals surface area contributed by atoms with Gasteiger partial charge in [0.2, 0.25) is 11.6 Å². The molecule has 0 saturated carbocycles. The number of amides is 1. The molecule has 3 aromatic carbocycles. The Kier molecular flexibility index (Phi) is 8.29. The first-order valence-electron chi connectivity index (χ1n) is 13.0. The number of aliphatic hydroxyl groups excluding tert-OH is 1. The van der Waals surface area contributed by atoms with Gasteiger partial charge in [-0.2, -0.15) is 0 Å². The van der Waals surface area contributed by atoms with Crippen molar-refractivity contribution in [2.45, 2.75) is 6.04 Å². The number of benzene rings is 3. The third-order valence-electron chi connectivity index (χ3n) is 6.38. The minimum atomic E-state index is -0.387. The Hall–Kier alpha value is -4.79. The number of furan rings is 1. The van der Waals surface area contributed by atoms with E-state index in [4.69, 9.17) is 4.42 Å². The molecule has 0 spiro atoms. The summed E-state index contributed by atoms with van der Waals surface area (Å²) in [6, 6.07) is 26.7. The van der Waals surface area contributed by atoms with E-state index in [0.717, 1.165) is 22.3 Å². The Bertz CT molecular complexity index is 1610. The lowest BCUT2D eigenvalue weighted by molar-refractivity contribution is -0.111. The monoisotopic (exact) mass is 533 g/mol. The highest BCUT2D eigenvalue weighted by atomic mass is 16.3. The first-order chi connectivity index (χ1) is 19.5. The van der Waals surface area contributed by atoms with Crippen LogP contribution >= 0.6 is 0 Å². The molecule has 0 aliphatic heterocycles. The van der Waals surface area contributed by atoms with Crippen LogP contribution in [0.1, 0.15) is 11.6 Å². The fraction of sp³-hybridized carbons (Fsp3) is 0.156. The summed E-state index contributed by atoms with van der Waals surface area (Å²) in [5.74, 6) is 0.960. The van der Waals surface area contributed by atoms with Crippen LogP contribution in [0.4, 0.5) is 11.5 Å². The van der Waals surface area contributed by atoms with Gasteiger partial charge in [-0.3, -0.25) is 4.79 Å². The molecule has 0 saturated heterocycles. The van der Waals surface area contributed by atoms with Gasteiger partial charge in [0.1, 0.15) is 17.9 Å². The van der Waals surface area contributed by atoms with Crippen LogP contribution < -0.4 is 10.6 Å². The van der Waals surface area contributed by atoms with E-state index in [1.54, 1.807) is 0 Å². The summed E-state index contributed by atoms with van der Waals surface area (Å²) in [4.78, 5) is 23.5. The molecule has 8 nitrogen and oxygen atoms in total. The highest BCUT2D eigenvalue weighted by Gasteiger charge is 2.24. The third kappa shape index (κ3) is 6.09. The van der Waals surface area contributed by atoms with Gasteiger partial charge in [-0.15, -0.1) is 0 Å². The third-order valence-corrected chi connectivity index (χ3v) is 6.38. The van der Waals surface area contributed by atoms with Crippen LogP contribution in [-0.4, -0.2) is 53.1 Å². The van der Waals surface area contributed by atoms with Crippen molar-refractivity contribution in [3.8, 4) is 22.5 Å². The zero-order chi connectivity index (χ0) is 27.9. The van der Waals surface area contributed by atoms with E-state index in [0.29, 0.717) is 34.9 Å². The SMILES string of the molecule is CN(C)C/C=C/C(=O)Nc1cccc(-c2c(-c3ccccc3)oc3ncnc(NC(CO)c4ccccc4)c23)c1. The minimum absolute atomic E-state index is 0.128. The normalized spacial score (nSPS) is 12.2. The average Bonchev–Trinajstić information content (AvgIpc) is 3.37. The Morgan fingerprint density at radius 2 is 1.70 bits per heavy atom. The highest BCUT2D eigenvalue weighted by Crippen LogP contribution is 2.43. The van der Waals surface area contributed by atoms with Gasteiger partial charge in [-0.1, -0.05) is 78.9 Å². The number of nitrogens with zero attached hydrogens (tertiary/aromatic N) is 3. The maximum atomic E-state index is 12.5. The molecule has 5 rings (SSSR count). The summed E-state index contributed by atoms with van der Waals surface area (Å²) in [5, 5.41) is 17.2. The molecule has 2 heterocycles. The summed E-state index contributed by atoms with van der Waals surface area (Å²) in [6.07, 6.45) is 4.79. The van der Waals surface area contributed by atoms with Crippen molar-refractivity contribution in [2.75, 3.05) is 37.9 Å². The molecule has 202 valence electrons. The predicted octanol–water partition coefficient (Wildman–Crippen LogP) is 5.76. The van der Waals surface area contributed by atoms with E-state index in [-0.39, 0.29) is 18.6 Å². The molecule has 0 aliphatic carbocycles. The van der Waals surface area contributed by atoms with E-state index >= 15 is 0 Å². The average molecular weight is 534 g/mol. The molecule has 8 heteroatoms. The maximum absolute atomic E-state index is 12.5. The molecular formula is C32H31N5O3. The van der Waals surface area contributed by atoms with Crippen molar-refractivity contribution in [1.29, 1.82) is 0 Å². The number of likely N-dealkylation sites (N-methyl/N-ethyl adjacent to an activating group) is 1. The van der Waals surface area contributed by atoms with Gasteiger partial charge in [-0.05, 0) is 37.4 Å². The predicted molar refractivity (Wildman–Crippen MR) is 159 cm³/mol. The lowest BCUT2D eigenvalue weighted by Crippen LogP contribution is -2.16. The van der Waals surface area contributed by atoms with Crippen molar-refractivity contribution in [3.63, 3.8) is 0 Å². The molecule has 1 amide bonds. The number of carbonyl (C=O) groups is 1. The number of anilines is 2. The van der Waals surface area contributed by atoms with Gasteiger partial charge >= 0.3 is 0 Å². The summed E-state index contributed by atoms with van der Waals surface area (Å²) in [5.41, 5.74) is 4.48. The second-order valence-corrected chi connectivity index (χ2v) is 9.60. The Morgan fingerprint density at radius 1 is 0.975 bits per heavy atom. The maximum Gasteiger partial charge on any atom is 0.248 e. The van der Waals surface area contributed by atoms with Crippen molar-refractivity contribution >= 4 is 28.5 Å². The van der Waals surface area contributed by atoms with Crippen molar-refractivity contribution in [3.05, 3.63) is 109 Å². The molecule has 1 atom stereocenters. The van der Waals surface area contributed by atoms with E-state index < -0.39 is 0 Å². The second-order valence-electron chi connectivity index (χ2n) is 9.60. The van der Waals surface area contributed by atoms with Crippen LogP contribution in [0.25, 0.3) is 33.6 Å². The quantitative estimate of drug-likeness (QED) is 0.196. The lowest BCUT2D eigenvalue weighted by Gasteiger charge is -2.18. The first-order valence-corrected chi connectivity index (χ1v) is 13.0. The van der Waals surface area contributed by atoms with Gasteiger partial charge in [-0.25, -0.2) is 9.97 Å². The number of aromatic nitrogens is 2. The second kappa shape index (κ2) is 12.4. The van der Waals surface area contributed by atoms with Crippen LogP contribution in [-0.2, 0) is 4.79 Å². The molecule has 2 aromatic heterocycles. The van der Waals surface area contributed by atoms with E-state index in [2.05, 4.69) is 20.6 Å². The molecule has 0 radical (unpaired) electrons. The van der Waals surface area contributed by atoms with E-state index in [1.165, 1.54) is 12.4 Å². The molecular weight excluding hydrogens is 502 g/mol. The topological polar surface area (TPSA) is 104 Å². The number of rotatable bonds is 10. The number of hydrogen-bond donors (Lipinski definition) is 3. The van der Waals surface area contributed by atoms with Crippen LogP contribution in [0.5, 0.6) is 0 Å². The number of carbonyl (C=O) groups excluding carboxylic acids is 1. The molecule has 40 heavy (non-hydrogen) atoms. The summed E-state index contributed by atoms with van der Waals surface area (Å²) < 4.78 is 6.34. The number of nitrogens with one attached hydrogen (secondary N) is 2. The first kappa shape index (κ1) is 26.8. The Morgan fingerprint density at radius 3 is 2.42 bits per heavy atom. The van der Waals surface area contributed by atoms with Gasteiger partial charge < -0.3 is 25.1 Å². The highest BCUT2D eigenvalue weighted by molar-refractivity contribution is 6.07. The fourth-order valence-corrected chi connectivity index (χ4v) is 4.50. The van der Waals surface area contributed by atoms with Gasteiger partial charge in [0.05, 0.1) is 18.0 Å². The molecule has 1 unspecified atom stereocenters. The molecule has 0 fully saturated rings. The zero-order valence-electron chi connectivity index (χ0n) is 22.4. The zero-order valence-corrected chi connectivity index (χ0v) is 22.4. The Labute approximate surface area is 233 Å². The lowest BCUT2D eigenvalue weighted by atomic mass is 9.98. The van der Waals surface area contributed by atoms with E-state index in [9.17, 15) is 9.90 Å². The van der Waals surface area contributed by atoms with Crippen molar-refractivity contribution in [1.82, 2.24) is 14.9 Å². The van der Waals surface area contributed by atoms with Crippen LogP contribution in [0.3, 0.4) is 0 Å². The Balaban J connectivity index is 1.60. The number of aliphatic hydroxyl groups is 1. The molecule has 0 bridgehead atoms. The molecule has 5 aromatic rings. The van der Waals surface area contributed by atoms with E-state index in [1.807, 2.05) is 110 Å². The minimum Gasteiger partial charge on any atom is -0.437 e. The largest absolute Gasteiger partial charge is 0.437 e. The van der Waals surface area contributed by atoms with Crippen LogP contribution in [0, 0.1) is 0 Å². The summed E-state index contributed by atoms with van der Waals surface area (Å²) >= 11 is 0. The van der Waals surface area contributed by atoms with Gasteiger partial charge in [0, 0.05) is 29.4 Å². The molecule has 0 aliphatic rings. The smallest absolute Gasteiger partial charge is 0.248 e. The van der Waals surface area contributed by atoms with Crippen molar-refractivity contribution in [2.24, 2.45) is 0 Å². The number of hydrogen-bond acceptors (Lipinski definition) is 7. The van der Waals surface area contributed by atoms with Gasteiger partial charge in [0.15, 0.2) is 0 Å². The van der Waals surface area contributed by atoms with Gasteiger partial charge in [0.25, 0.3) is 0 Å². The molecule has 3 N–H and O–H groups in total. The van der Waals surface area contributed by atoms with Crippen molar-refractivity contribution < 1.29 is 14.3 Å². The van der Waals surface area contributed by atoms with Crippen LogP contribution in [0.15, 0.2) is 108 Å². The standard InChI is InChI=1S/C32H31N5O3/c1-37(2)18-10-17-27(39)35-25-16-9-15-24(19-25)28-29-31(36-26(20-38)22-11-5-3-6-12-22)33-21-34-32(29)40-30(28)23-13-7-4-8-14-23/h3-17,19,21,26,38H,18,20H2,1-2H3,(H,35,39)(H,33,34,36)/b17-10+. The summed E-state index contributed by atoms with van der Waals surface area (Å²) in [6.45, 7) is 0.541. The summed E-state index contributed by atoms with van der Waals surface area (Å²) in [7, 11) is 3.89. The number of fused-ring (bicyclic) bond motifs is 1.